The number of rotatable bonds is 7. The van der Waals surface area contributed by atoms with Crippen molar-refractivity contribution in [2.75, 3.05) is 5.75 Å². The van der Waals surface area contributed by atoms with Crippen LogP contribution < -0.4 is 5.32 Å². The third-order valence-electron chi connectivity index (χ3n) is 3.94. The van der Waals surface area contributed by atoms with Gasteiger partial charge in [-0.2, -0.15) is 0 Å². The Labute approximate surface area is 166 Å². The molecule has 2 aromatic carbocycles. The van der Waals surface area contributed by atoms with E-state index < -0.39 is 0 Å². The van der Waals surface area contributed by atoms with Crippen molar-refractivity contribution in [3.05, 3.63) is 71.1 Å². The molecule has 0 aliphatic carbocycles. The highest BCUT2D eigenvalue weighted by Crippen LogP contribution is 2.22. The van der Waals surface area contributed by atoms with Gasteiger partial charge < -0.3 is 10.3 Å². The largest absolute Gasteiger partial charge is 0.345 e. The van der Waals surface area contributed by atoms with Crippen LogP contribution in [0.2, 0.25) is 0 Å². The van der Waals surface area contributed by atoms with Gasteiger partial charge in [0.05, 0.1) is 23.7 Å². The summed E-state index contributed by atoms with van der Waals surface area (Å²) in [6.45, 7) is 2.04. The molecule has 1 atom stereocenters. The SMILES string of the molecule is CCC(NC(=O)CSc1ccc(Br)cc1)c1ncc(-c2ccccc2)[nH]1. The molecule has 1 heterocycles. The van der Waals surface area contributed by atoms with Crippen molar-refractivity contribution in [1.82, 2.24) is 15.3 Å². The molecule has 134 valence electrons. The second kappa shape index (κ2) is 9.05. The van der Waals surface area contributed by atoms with Gasteiger partial charge in [0.2, 0.25) is 5.91 Å². The fraction of sp³-hybridized carbons (Fsp3) is 0.200. The Morgan fingerprint density at radius 1 is 1.19 bits per heavy atom. The Kier molecular flexibility index (Phi) is 6.52. The first-order valence-corrected chi connectivity index (χ1v) is 10.2. The van der Waals surface area contributed by atoms with E-state index in [1.807, 2.05) is 67.7 Å². The van der Waals surface area contributed by atoms with Gasteiger partial charge in [-0.25, -0.2) is 4.98 Å². The van der Waals surface area contributed by atoms with Crippen LogP contribution in [0, 0.1) is 0 Å². The molecule has 4 nitrogen and oxygen atoms in total. The minimum atomic E-state index is -0.120. The van der Waals surface area contributed by atoms with Gasteiger partial charge in [0, 0.05) is 9.37 Å². The van der Waals surface area contributed by atoms with Crippen molar-refractivity contribution >= 4 is 33.6 Å². The number of imidazole rings is 1. The maximum Gasteiger partial charge on any atom is 0.230 e. The number of aromatic nitrogens is 2. The third kappa shape index (κ3) is 4.99. The van der Waals surface area contributed by atoms with E-state index in [1.54, 1.807) is 0 Å². The van der Waals surface area contributed by atoms with Crippen molar-refractivity contribution in [1.29, 1.82) is 0 Å². The van der Waals surface area contributed by atoms with E-state index in [4.69, 9.17) is 0 Å². The number of aromatic amines is 1. The van der Waals surface area contributed by atoms with Crippen molar-refractivity contribution in [3.8, 4) is 11.3 Å². The standard InChI is InChI=1S/C20H20BrN3OS/c1-2-17(20-22-12-18(24-20)14-6-4-3-5-7-14)23-19(25)13-26-16-10-8-15(21)9-11-16/h3-12,17H,2,13H2,1H3,(H,22,24)(H,23,25). The molecule has 0 bridgehead atoms. The number of H-pyrrole nitrogens is 1. The molecular formula is C20H20BrN3OS. The van der Waals surface area contributed by atoms with Gasteiger partial charge >= 0.3 is 0 Å². The molecule has 26 heavy (non-hydrogen) atoms. The average molecular weight is 430 g/mol. The molecule has 0 saturated heterocycles. The number of carbonyl (C=O) groups is 1. The van der Waals surface area contributed by atoms with Gasteiger partial charge in [-0.05, 0) is 36.2 Å². The lowest BCUT2D eigenvalue weighted by Crippen LogP contribution is -2.30. The van der Waals surface area contributed by atoms with E-state index in [-0.39, 0.29) is 11.9 Å². The van der Waals surface area contributed by atoms with E-state index in [9.17, 15) is 4.79 Å². The van der Waals surface area contributed by atoms with Crippen LogP contribution in [0.4, 0.5) is 0 Å². The van der Waals surface area contributed by atoms with Crippen molar-refractivity contribution < 1.29 is 4.79 Å². The zero-order valence-electron chi connectivity index (χ0n) is 14.4. The van der Waals surface area contributed by atoms with E-state index in [2.05, 4.69) is 31.2 Å². The van der Waals surface area contributed by atoms with E-state index in [0.717, 1.165) is 32.9 Å². The van der Waals surface area contributed by atoms with Crippen LogP contribution in [0.25, 0.3) is 11.3 Å². The number of carbonyl (C=O) groups excluding carboxylic acids is 1. The van der Waals surface area contributed by atoms with E-state index >= 15 is 0 Å². The number of halogens is 1. The number of hydrogen-bond donors (Lipinski definition) is 2. The maximum atomic E-state index is 12.3. The van der Waals surface area contributed by atoms with E-state index in [1.165, 1.54) is 11.8 Å². The zero-order valence-corrected chi connectivity index (χ0v) is 16.8. The predicted molar refractivity (Wildman–Crippen MR) is 110 cm³/mol. The molecule has 6 heteroatoms. The Morgan fingerprint density at radius 3 is 2.62 bits per heavy atom. The summed E-state index contributed by atoms with van der Waals surface area (Å²) in [6, 6.07) is 17.9. The molecule has 0 aliphatic rings. The number of amides is 1. The Morgan fingerprint density at radius 2 is 1.92 bits per heavy atom. The van der Waals surface area contributed by atoms with Crippen LogP contribution in [0.5, 0.6) is 0 Å². The minimum Gasteiger partial charge on any atom is -0.345 e. The highest BCUT2D eigenvalue weighted by molar-refractivity contribution is 9.10. The van der Waals surface area contributed by atoms with Crippen molar-refractivity contribution in [2.24, 2.45) is 0 Å². The van der Waals surface area contributed by atoms with Crippen molar-refractivity contribution in [3.63, 3.8) is 0 Å². The molecule has 0 saturated carbocycles. The molecule has 0 aliphatic heterocycles. The number of thioether (sulfide) groups is 1. The summed E-state index contributed by atoms with van der Waals surface area (Å²) in [6.07, 6.45) is 2.59. The lowest BCUT2D eigenvalue weighted by Gasteiger charge is -2.14. The first kappa shape index (κ1) is 18.7. The van der Waals surface area contributed by atoms with Crippen LogP contribution in [0.1, 0.15) is 25.2 Å². The topological polar surface area (TPSA) is 57.8 Å². The summed E-state index contributed by atoms with van der Waals surface area (Å²) in [4.78, 5) is 21.2. The molecule has 0 spiro atoms. The lowest BCUT2D eigenvalue weighted by atomic mass is 10.2. The molecule has 1 unspecified atom stereocenters. The summed E-state index contributed by atoms with van der Waals surface area (Å²) in [7, 11) is 0. The van der Waals surface area contributed by atoms with E-state index in [0.29, 0.717) is 5.75 Å². The summed E-state index contributed by atoms with van der Waals surface area (Å²) in [5, 5.41) is 3.07. The average Bonchev–Trinajstić information content (AvgIpc) is 3.16. The fourth-order valence-electron chi connectivity index (χ4n) is 2.56. The summed E-state index contributed by atoms with van der Waals surface area (Å²) >= 11 is 4.94. The molecule has 1 amide bonds. The normalized spacial score (nSPS) is 11.9. The Bertz CT molecular complexity index is 849. The number of benzene rings is 2. The predicted octanol–water partition coefficient (Wildman–Crippen LogP) is 5.20. The lowest BCUT2D eigenvalue weighted by molar-refractivity contribution is -0.119. The molecule has 2 N–H and O–H groups in total. The smallest absolute Gasteiger partial charge is 0.230 e. The summed E-state index contributed by atoms with van der Waals surface area (Å²) in [5.74, 6) is 1.17. The molecular weight excluding hydrogens is 410 g/mol. The monoisotopic (exact) mass is 429 g/mol. The first-order valence-electron chi connectivity index (χ1n) is 8.43. The molecule has 0 radical (unpaired) electrons. The van der Waals surface area contributed by atoms with Crippen molar-refractivity contribution in [2.45, 2.75) is 24.3 Å². The van der Waals surface area contributed by atoms with Gasteiger partial charge in [-0.15, -0.1) is 11.8 Å². The maximum absolute atomic E-state index is 12.3. The molecule has 0 fully saturated rings. The number of nitrogens with one attached hydrogen (secondary N) is 2. The second-order valence-electron chi connectivity index (χ2n) is 5.82. The Balaban J connectivity index is 1.59. The van der Waals surface area contributed by atoms with Crippen LogP contribution in [-0.2, 0) is 4.79 Å². The van der Waals surface area contributed by atoms with Gasteiger partial charge in [-0.3, -0.25) is 4.79 Å². The van der Waals surface area contributed by atoms with Gasteiger partial charge in [0.25, 0.3) is 0 Å². The van der Waals surface area contributed by atoms with Crippen LogP contribution in [0.15, 0.2) is 70.2 Å². The minimum absolute atomic E-state index is 0.00225. The number of hydrogen-bond acceptors (Lipinski definition) is 3. The van der Waals surface area contributed by atoms with Gasteiger partial charge in [0.1, 0.15) is 5.82 Å². The summed E-state index contributed by atoms with van der Waals surface area (Å²) < 4.78 is 1.03. The molecule has 3 aromatic rings. The number of nitrogens with zero attached hydrogens (tertiary/aromatic N) is 1. The second-order valence-corrected chi connectivity index (χ2v) is 7.78. The molecule has 3 rings (SSSR count). The van der Waals surface area contributed by atoms with Crippen LogP contribution in [0.3, 0.4) is 0 Å². The Hall–Kier alpha value is -2.05. The van der Waals surface area contributed by atoms with Gasteiger partial charge in [-0.1, -0.05) is 53.2 Å². The quantitative estimate of drug-likeness (QED) is 0.507. The first-order chi connectivity index (χ1) is 12.7. The van der Waals surface area contributed by atoms with Gasteiger partial charge in [0.15, 0.2) is 0 Å². The highest BCUT2D eigenvalue weighted by atomic mass is 79.9. The van der Waals surface area contributed by atoms with Crippen LogP contribution >= 0.6 is 27.7 Å². The zero-order chi connectivity index (χ0) is 18.4. The van der Waals surface area contributed by atoms with Crippen LogP contribution in [-0.4, -0.2) is 21.6 Å². The highest BCUT2D eigenvalue weighted by Gasteiger charge is 2.16. The summed E-state index contributed by atoms with van der Waals surface area (Å²) in [5.41, 5.74) is 2.04. The fourth-order valence-corrected chi connectivity index (χ4v) is 3.53. The third-order valence-corrected chi connectivity index (χ3v) is 5.48. The molecule has 1 aromatic heterocycles.